The Labute approximate surface area is 306 Å². The lowest BCUT2D eigenvalue weighted by Crippen LogP contribution is -2.25. The van der Waals surface area contributed by atoms with Crippen molar-refractivity contribution in [2.24, 2.45) is 0 Å². The minimum Gasteiger partial charge on any atom is -0.455 e. The number of nitrogens with zero attached hydrogens (tertiary/aromatic N) is 2. The van der Waals surface area contributed by atoms with E-state index in [0.29, 0.717) is 0 Å². The number of fused-ring (bicyclic) bond motifs is 15. The summed E-state index contributed by atoms with van der Waals surface area (Å²) in [6, 6.07) is 65.8. The summed E-state index contributed by atoms with van der Waals surface area (Å²) in [6.45, 7) is 0. The Hall–Kier alpha value is -6.97. The average Bonchev–Trinajstić information content (AvgIpc) is 3.96. The van der Waals surface area contributed by atoms with Gasteiger partial charge in [0.25, 0.3) is 0 Å². The van der Waals surface area contributed by atoms with E-state index in [1.165, 1.54) is 55.6 Å². The van der Waals surface area contributed by atoms with Gasteiger partial charge in [-0.05, 0) is 80.4 Å². The van der Waals surface area contributed by atoms with E-state index in [1.807, 2.05) is 0 Å². The quantitative estimate of drug-likeness (QED) is 0.187. The van der Waals surface area contributed by atoms with Crippen molar-refractivity contribution in [1.82, 2.24) is 9.55 Å². The number of hydrogen-bond donors (Lipinski definition) is 0. The number of hydrogen-bond acceptors (Lipinski definition) is 2. The summed E-state index contributed by atoms with van der Waals surface area (Å²) in [5.74, 6) is 0.933. The lowest BCUT2D eigenvalue weighted by molar-refractivity contribution is 0.669. The SMILES string of the molecule is c1ccc(-n2c(-c3ccc(-c4cccc5c4-c4ccccc4C54c5ccccc5-c5c4ccc4c5oc5ccccc54)cc3)nc3ccccc32)cc1. The van der Waals surface area contributed by atoms with Gasteiger partial charge >= 0.3 is 0 Å². The van der Waals surface area contributed by atoms with Gasteiger partial charge in [0.15, 0.2) is 0 Å². The molecule has 0 bridgehead atoms. The van der Waals surface area contributed by atoms with Crippen LogP contribution in [0.2, 0.25) is 0 Å². The van der Waals surface area contributed by atoms with Crippen LogP contribution >= 0.6 is 0 Å². The first-order valence-electron chi connectivity index (χ1n) is 18.2. The Balaban J connectivity index is 1.08. The Bertz CT molecular complexity index is 3110. The van der Waals surface area contributed by atoms with E-state index in [2.05, 4.69) is 187 Å². The molecule has 8 aromatic carbocycles. The molecule has 10 aromatic rings. The number of para-hydroxylation sites is 4. The molecule has 3 nitrogen and oxygen atoms in total. The van der Waals surface area contributed by atoms with Gasteiger partial charge in [-0.25, -0.2) is 4.98 Å². The molecule has 0 saturated heterocycles. The number of furan rings is 1. The van der Waals surface area contributed by atoms with E-state index >= 15 is 0 Å². The number of rotatable bonds is 3. The monoisotopic (exact) mass is 674 g/mol. The zero-order valence-corrected chi connectivity index (χ0v) is 28.6. The van der Waals surface area contributed by atoms with E-state index in [4.69, 9.17) is 9.40 Å². The van der Waals surface area contributed by atoms with Crippen LogP contribution in [0, 0.1) is 0 Å². The molecule has 0 aliphatic heterocycles. The molecule has 53 heavy (non-hydrogen) atoms. The molecule has 0 radical (unpaired) electrons. The minimum atomic E-state index is -0.471. The molecule has 1 spiro atoms. The summed E-state index contributed by atoms with van der Waals surface area (Å²) in [7, 11) is 0. The molecule has 12 rings (SSSR count). The van der Waals surface area contributed by atoms with Crippen LogP contribution in [0.5, 0.6) is 0 Å². The molecule has 1 atom stereocenters. The van der Waals surface area contributed by atoms with E-state index in [9.17, 15) is 0 Å². The van der Waals surface area contributed by atoms with Crippen molar-refractivity contribution in [2.75, 3.05) is 0 Å². The zero-order valence-electron chi connectivity index (χ0n) is 28.6. The molecule has 3 heteroatoms. The van der Waals surface area contributed by atoms with Crippen molar-refractivity contribution < 1.29 is 4.42 Å². The van der Waals surface area contributed by atoms with Crippen LogP contribution in [-0.2, 0) is 5.41 Å². The van der Waals surface area contributed by atoms with Crippen molar-refractivity contribution in [3.8, 4) is 50.5 Å². The highest BCUT2D eigenvalue weighted by molar-refractivity contribution is 6.13. The van der Waals surface area contributed by atoms with Crippen LogP contribution < -0.4 is 0 Å². The average molecular weight is 675 g/mol. The number of imidazole rings is 1. The second kappa shape index (κ2) is 10.5. The molecule has 2 aromatic heterocycles. The first-order valence-corrected chi connectivity index (χ1v) is 18.2. The third-order valence-corrected chi connectivity index (χ3v) is 11.6. The lowest BCUT2D eigenvalue weighted by Gasteiger charge is -2.30. The van der Waals surface area contributed by atoms with Gasteiger partial charge < -0.3 is 4.42 Å². The third-order valence-electron chi connectivity index (χ3n) is 11.6. The fraction of sp³-hybridized carbons (Fsp3) is 0.0200. The van der Waals surface area contributed by atoms with Crippen LogP contribution in [0.4, 0.5) is 0 Å². The van der Waals surface area contributed by atoms with Gasteiger partial charge in [-0.1, -0.05) is 152 Å². The van der Waals surface area contributed by atoms with Gasteiger partial charge in [-0.3, -0.25) is 4.57 Å². The summed E-state index contributed by atoms with van der Waals surface area (Å²) in [5, 5.41) is 2.31. The molecule has 2 heterocycles. The van der Waals surface area contributed by atoms with Crippen LogP contribution in [0.25, 0.3) is 83.4 Å². The van der Waals surface area contributed by atoms with Gasteiger partial charge in [0.2, 0.25) is 0 Å². The van der Waals surface area contributed by atoms with E-state index in [1.54, 1.807) is 0 Å². The van der Waals surface area contributed by atoms with Crippen molar-refractivity contribution in [1.29, 1.82) is 0 Å². The van der Waals surface area contributed by atoms with Crippen LogP contribution in [0.15, 0.2) is 186 Å². The highest BCUT2D eigenvalue weighted by atomic mass is 16.3. The molecular weight excluding hydrogens is 645 g/mol. The van der Waals surface area contributed by atoms with Crippen LogP contribution in [-0.4, -0.2) is 9.55 Å². The van der Waals surface area contributed by atoms with Crippen LogP contribution in [0.3, 0.4) is 0 Å². The highest BCUT2D eigenvalue weighted by Gasteiger charge is 2.53. The maximum atomic E-state index is 6.72. The first kappa shape index (κ1) is 28.7. The first-order chi connectivity index (χ1) is 26.3. The predicted octanol–water partition coefficient (Wildman–Crippen LogP) is 12.6. The summed E-state index contributed by atoms with van der Waals surface area (Å²) in [6.07, 6.45) is 0. The number of benzene rings is 8. The Morgan fingerprint density at radius 2 is 1.06 bits per heavy atom. The Morgan fingerprint density at radius 3 is 1.89 bits per heavy atom. The topological polar surface area (TPSA) is 31.0 Å². The van der Waals surface area contributed by atoms with Gasteiger partial charge in [-0.2, -0.15) is 0 Å². The molecule has 0 N–H and O–H groups in total. The zero-order chi connectivity index (χ0) is 34.7. The lowest BCUT2D eigenvalue weighted by atomic mass is 9.70. The highest BCUT2D eigenvalue weighted by Crippen LogP contribution is 2.65. The van der Waals surface area contributed by atoms with E-state index in [0.717, 1.165) is 50.0 Å². The fourth-order valence-electron chi connectivity index (χ4n) is 9.55. The normalized spacial score (nSPS) is 15.2. The second-order valence-corrected chi connectivity index (χ2v) is 14.2. The third kappa shape index (κ3) is 3.70. The van der Waals surface area contributed by atoms with E-state index < -0.39 is 5.41 Å². The smallest absolute Gasteiger partial charge is 0.145 e. The van der Waals surface area contributed by atoms with Gasteiger partial charge in [0, 0.05) is 27.6 Å². The summed E-state index contributed by atoms with van der Waals surface area (Å²) in [5.41, 5.74) is 18.3. The molecule has 0 fully saturated rings. The number of aromatic nitrogens is 2. The summed E-state index contributed by atoms with van der Waals surface area (Å²) < 4.78 is 8.98. The Morgan fingerprint density at radius 1 is 0.434 bits per heavy atom. The van der Waals surface area contributed by atoms with Gasteiger partial charge in [0.1, 0.15) is 17.0 Å². The largest absolute Gasteiger partial charge is 0.455 e. The van der Waals surface area contributed by atoms with Crippen molar-refractivity contribution >= 4 is 33.0 Å². The molecule has 2 aliphatic rings. The van der Waals surface area contributed by atoms with Gasteiger partial charge in [0.05, 0.1) is 16.4 Å². The molecule has 2 aliphatic carbocycles. The van der Waals surface area contributed by atoms with Crippen molar-refractivity contribution in [3.05, 3.63) is 204 Å². The summed E-state index contributed by atoms with van der Waals surface area (Å²) >= 11 is 0. The van der Waals surface area contributed by atoms with Crippen LogP contribution in [0.1, 0.15) is 22.3 Å². The second-order valence-electron chi connectivity index (χ2n) is 14.2. The maximum absolute atomic E-state index is 6.72. The molecule has 0 amide bonds. The van der Waals surface area contributed by atoms with Crippen molar-refractivity contribution in [2.45, 2.75) is 5.41 Å². The standard InChI is InChI=1S/C50H30N2O/c1-2-13-33(14-3-1)52-44-23-10-9-22-43(44)51-49(52)32-27-25-31(26-28-32)34-18-12-21-41-46(34)37-16-4-7-19-39(37)50(41)40-20-8-5-17-38(40)47-42(50)30-29-36-35-15-6-11-24-45(35)53-48(36)47/h1-30H. The molecule has 1 unspecified atom stereocenters. The van der Waals surface area contributed by atoms with Crippen molar-refractivity contribution in [3.63, 3.8) is 0 Å². The molecule has 0 saturated carbocycles. The maximum Gasteiger partial charge on any atom is 0.145 e. The molecule has 246 valence electrons. The molecular formula is C50H30N2O. The summed E-state index contributed by atoms with van der Waals surface area (Å²) in [4.78, 5) is 5.13. The van der Waals surface area contributed by atoms with Gasteiger partial charge in [-0.15, -0.1) is 0 Å². The fourth-order valence-corrected chi connectivity index (χ4v) is 9.55. The minimum absolute atomic E-state index is 0.471. The predicted molar refractivity (Wildman–Crippen MR) is 216 cm³/mol. The Kier molecular flexibility index (Phi) is 5.70. The van der Waals surface area contributed by atoms with E-state index in [-0.39, 0.29) is 0 Å².